The maximum atomic E-state index is 11.6. The Morgan fingerprint density at radius 1 is 1.28 bits per heavy atom. The number of benzene rings is 1. The van der Waals surface area contributed by atoms with Crippen LogP contribution in [0.1, 0.15) is 25.8 Å². The summed E-state index contributed by atoms with van der Waals surface area (Å²) in [4.78, 5) is 11.6. The summed E-state index contributed by atoms with van der Waals surface area (Å²) in [7, 11) is 0. The van der Waals surface area contributed by atoms with Gasteiger partial charge in [0.1, 0.15) is 0 Å². The van der Waals surface area contributed by atoms with Gasteiger partial charge in [0.25, 0.3) is 0 Å². The van der Waals surface area contributed by atoms with E-state index < -0.39 is 0 Å². The molecule has 0 saturated heterocycles. The van der Waals surface area contributed by atoms with Crippen molar-refractivity contribution in [1.82, 2.24) is 10.6 Å². The third-order valence-electron chi connectivity index (χ3n) is 2.80. The number of urea groups is 1. The minimum Gasteiger partial charge on any atom is -0.394 e. The molecule has 2 amide bonds. The van der Waals surface area contributed by atoms with Crippen LogP contribution in [0.25, 0.3) is 0 Å². The van der Waals surface area contributed by atoms with Crippen molar-refractivity contribution in [3.8, 4) is 0 Å². The number of hydrogen-bond acceptors (Lipinski definition) is 2. The Labute approximate surface area is 108 Å². The van der Waals surface area contributed by atoms with Crippen LogP contribution in [-0.4, -0.2) is 29.8 Å². The number of aliphatic hydroxyl groups excluding tert-OH is 1. The molecule has 1 aromatic rings. The third-order valence-corrected chi connectivity index (χ3v) is 2.80. The van der Waals surface area contributed by atoms with Gasteiger partial charge in [-0.15, -0.1) is 0 Å². The molecule has 0 saturated carbocycles. The van der Waals surface area contributed by atoms with E-state index in [9.17, 15) is 4.79 Å². The zero-order valence-corrected chi connectivity index (χ0v) is 11.0. The van der Waals surface area contributed by atoms with Gasteiger partial charge in [-0.2, -0.15) is 0 Å². The lowest BCUT2D eigenvalue weighted by Gasteiger charge is -2.19. The fraction of sp³-hybridized carbons (Fsp3) is 0.500. The van der Waals surface area contributed by atoms with E-state index in [0.717, 1.165) is 12.8 Å². The van der Waals surface area contributed by atoms with E-state index >= 15 is 0 Å². The fourth-order valence-electron chi connectivity index (χ4n) is 1.69. The lowest BCUT2D eigenvalue weighted by Crippen LogP contribution is -2.46. The van der Waals surface area contributed by atoms with Crippen molar-refractivity contribution in [3.63, 3.8) is 0 Å². The molecule has 4 heteroatoms. The second-order valence-corrected chi connectivity index (χ2v) is 4.50. The van der Waals surface area contributed by atoms with E-state index in [4.69, 9.17) is 5.11 Å². The molecule has 0 fully saturated rings. The molecule has 0 aromatic heterocycles. The molecule has 0 heterocycles. The molecule has 0 aliphatic heterocycles. The molecular weight excluding hydrogens is 228 g/mol. The summed E-state index contributed by atoms with van der Waals surface area (Å²) >= 11 is 0. The second-order valence-electron chi connectivity index (χ2n) is 4.50. The Morgan fingerprint density at radius 2 is 1.94 bits per heavy atom. The first-order valence-electron chi connectivity index (χ1n) is 6.37. The van der Waals surface area contributed by atoms with Gasteiger partial charge in [0.05, 0.1) is 12.6 Å². The normalized spacial score (nSPS) is 13.7. The van der Waals surface area contributed by atoms with Crippen molar-refractivity contribution in [1.29, 1.82) is 0 Å². The SMILES string of the molecule is CCC(Cc1ccccc1)NC(=O)N[C@@H](C)CO. The molecule has 1 unspecified atom stereocenters. The van der Waals surface area contributed by atoms with Gasteiger partial charge in [-0.1, -0.05) is 37.3 Å². The molecule has 1 aromatic carbocycles. The highest BCUT2D eigenvalue weighted by molar-refractivity contribution is 5.74. The summed E-state index contributed by atoms with van der Waals surface area (Å²) in [5, 5.41) is 14.5. The highest BCUT2D eigenvalue weighted by atomic mass is 16.3. The molecular formula is C14H22N2O2. The molecule has 3 N–H and O–H groups in total. The highest BCUT2D eigenvalue weighted by Gasteiger charge is 2.12. The molecule has 0 bridgehead atoms. The van der Waals surface area contributed by atoms with Crippen molar-refractivity contribution in [2.24, 2.45) is 0 Å². The summed E-state index contributed by atoms with van der Waals surface area (Å²) in [6, 6.07) is 9.74. The Hall–Kier alpha value is -1.55. The van der Waals surface area contributed by atoms with Gasteiger partial charge in [0, 0.05) is 6.04 Å². The zero-order chi connectivity index (χ0) is 13.4. The van der Waals surface area contributed by atoms with E-state index in [-0.39, 0.29) is 24.7 Å². The maximum Gasteiger partial charge on any atom is 0.315 e. The Kier molecular flexibility index (Phi) is 6.22. The third kappa shape index (κ3) is 5.19. The number of carbonyl (C=O) groups excluding carboxylic acids is 1. The number of aliphatic hydroxyl groups is 1. The topological polar surface area (TPSA) is 61.4 Å². The van der Waals surface area contributed by atoms with Gasteiger partial charge < -0.3 is 15.7 Å². The lowest BCUT2D eigenvalue weighted by atomic mass is 10.0. The largest absolute Gasteiger partial charge is 0.394 e. The number of carbonyl (C=O) groups is 1. The molecule has 0 radical (unpaired) electrons. The van der Waals surface area contributed by atoms with Crippen LogP contribution in [0.4, 0.5) is 4.79 Å². The van der Waals surface area contributed by atoms with Crippen LogP contribution in [0.5, 0.6) is 0 Å². The molecule has 0 aliphatic carbocycles. The van der Waals surface area contributed by atoms with E-state index in [1.807, 2.05) is 25.1 Å². The van der Waals surface area contributed by atoms with Crippen LogP contribution in [0.3, 0.4) is 0 Å². The molecule has 18 heavy (non-hydrogen) atoms. The molecule has 0 aliphatic rings. The van der Waals surface area contributed by atoms with Crippen LogP contribution in [0.2, 0.25) is 0 Å². The molecule has 2 atom stereocenters. The van der Waals surface area contributed by atoms with E-state index in [2.05, 4.69) is 22.8 Å². The number of rotatable bonds is 6. The quantitative estimate of drug-likeness (QED) is 0.719. The van der Waals surface area contributed by atoms with Gasteiger partial charge in [0.15, 0.2) is 0 Å². The van der Waals surface area contributed by atoms with Crippen LogP contribution in [0.15, 0.2) is 30.3 Å². The minimum absolute atomic E-state index is 0.0527. The second kappa shape index (κ2) is 7.71. The Balaban J connectivity index is 2.45. The fourth-order valence-corrected chi connectivity index (χ4v) is 1.69. The number of hydrogen-bond donors (Lipinski definition) is 3. The van der Waals surface area contributed by atoms with Crippen LogP contribution in [0, 0.1) is 0 Å². The number of amides is 2. The van der Waals surface area contributed by atoms with Gasteiger partial charge in [-0.25, -0.2) is 4.79 Å². The summed E-state index contributed by atoms with van der Waals surface area (Å²) in [5.74, 6) is 0. The van der Waals surface area contributed by atoms with Crippen molar-refractivity contribution >= 4 is 6.03 Å². The predicted molar refractivity (Wildman–Crippen MR) is 72.4 cm³/mol. The first kappa shape index (κ1) is 14.5. The summed E-state index contributed by atoms with van der Waals surface area (Å²) in [6.45, 7) is 3.75. The van der Waals surface area contributed by atoms with Gasteiger partial charge >= 0.3 is 6.03 Å². The first-order valence-corrected chi connectivity index (χ1v) is 6.37. The van der Waals surface area contributed by atoms with Crippen molar-refractivity contribution in [2.75, 3.05) is 6.61 Å². The standard InChI is InChI=1S/C14H22N2O2/c1-3-13(9-12-7-5-4-6-8-12)16-14(18)15-11(2)10-17/h4-8,11,13,17H,3,9-10H2,1-2H3,(H2,15,16,18)/t11-,13?/m0/s1. The zero-order valence-electron chi connectivity index (χ0n) is 11.0. The van der Waals surface area contributed by atoms with E-state index in [1.54, 1.807) is 6.92 Å². The van der Waals surface area contributed by atoms with Gasteiger partial charge in [-0.3, -0.25) is 0 Å². The highest BCUT2D eigenvalue weighted by Crippen LogP contribution is 2.05. The molecule has 0 spiro atoms. The van der Waals surface area contributed by atoms with Crippen LogP contribution < -0.4 is 10.6 Å². The van der Waals surface area contributed by atoms with Gasteiger partial charge in [0.2, 0.25) is 0 Å². The Bertz CT molecular complexity index is 354. The molecule has 100 valence electrons. The minimum atomic E-state index is -0.223. The monoisotopic (exact) mass is 250 g/mol. The molecule has 4 nitrogen and oxygen atoms in total. The van der Waals surface area contributed by atoms with Gasteiger partial charge in [-0.05, 0) is 25.3 Å². The average Bonchev–Trinajstić information content (AvgIpc) is 2.38. The van der Waals surface area contributed by atoms with Crippen molar-refractivity contribution in [3.05, 3.63) is 35.9 Å². The van der Waals surface area contributed by atoms with Crippen molar-refractivity contribution in [2.45, 2.75) is 38.8 Å². The summed E-state index contributed by atoms with van der Waals surface area (Å²) < 4.78 is 0. The smallest absolute Gasteiger partial charge is 0.315 e. The van der Waals surface area contributed by atoms with Crippen molar-refractivity contribution < 1.29 is 9.90 Å². The average molecular weight is 250 g/mol. The summed E-state index contributed by atoms with van der Waals surface area (Å²) in [5.41, 5.74) is 1.21. The summed E-state index contributed by atoms with van der Waals surface area (Å²) in [6.07, 6.45) is 1.69. The van der Waals surface area contributed by atoms with Crippen LogP contribution in [-0.2, 0) is 6.42 Å². The van der Waals surface area contributed by atoms with E-state index in [0.29, 0.717) is 0 Å². The maximum absolute atomic E-state index is 11.6. The number of nitrogens with one attached hydrogen (secondary N) is 2. The first-order chi connectivity index (χ1) is 8.65. The predicted octanol–water partition coefficient (Wildman–Crippen LogP) is 1.69. The molecule has 1 rings (SSSR count). The van der Waals surface area contributed by atoms with E-state index in [1.165, 1.54) is 5.56 Å². The van der Waals surface area contributed by atoms with Crippen LogP contribution >= 0.6 is 0 Å². The Morgan fingerprint density at radius 3 is 2.50 bits per heavy atom. The lowest BCUT2D eigenvalue weighted by molar-refractivity contribution is 0.217.